The summed E-state index contributed by atoms with van der Waals surface area (Å²) in [5.74, 6) is -0.0981. The van der Waals surface area contributed by atoms with Gasteiger partial charge < -0.3 is 4.74 Å². The average molecular weight is 258 g/mol. The van der Waals surface area contributed by atoms with Crippen LogP contribution in [0.2, 0.25) is 0 Å². The van der Waals surface area contributed by atoms with Crippen molar-refractivity contribution in [3.63, 3.8) is 0 Å². The molecule has 0 spiro atoms. The standard InChI is InChI=1S/C14H14N2O3/c1-14(9-5-6-10-15-14)12(17)16-13(18)19-11-7-3-2-4-8-11/h2-8,10H,9H2,1H3,(H,16,17,18). The maximum atomic E-state index is 12.0. The number of hydrogen-bond acceptors (Lipinski definition) is 4. The number of benzene rings is 1. The molecule has 1 N–H and O–H groups in total. The summed E-state index contributed by atoms with van der Waals surface area (Å²) in [6.07, 6.45) is 4.79. The lowest BCUT2D eigenvalue weighted by molar-refractivity contribution is -0.124. The number of nitrogens with one attached hydrogen (secondary N) is 1. The first-order valence-electron chi connectivity index (χ1n) is 5.89. The Kier molecular flexibility index (Phi) is 3.75. The van der Waals surface area contributed by atoms with Gasteiger partial charge in [0.2, 0.25) is 0 Å². The smallest absolute Gasteiger partial charge is 0.410 e. The van der Waals surface area contributed by atoms with Crippen LogP contribution in [0.1, 0.15) is 13.3 Å². The maximum absolute atomic E-state index is 12.0. The van der Waals surface area contributed by atoms with Gasteiger partial charge in [-0.05, 0) is 31.6 Å². The second kappa shape index (κ2) is 5.48. The first-order chi connectivity index (χ1) is 9.10. The zero-order valence-electron chi connectivity index (χ0n) is 10.5. The summed E-state index contributed by atoms with van der Waals surface area (Å²) in [6.45, 7) is 1.66. The van der Waals surface area contributed by atoms with Crippen molar-refractivity contribution >= 4 is 18.2 Å². The van der Waals surface area contributed by atoms with E-state index in [9.17, 15) is 9.59 Å². The minimum atomic E-state index is -0.954. The van der Waals surface area contributed by atoms with Gasteiger partial charge in [0.25, 0.3) is 5.91 Å². The van der Waals surface area contributed by atoms with Crippen molar-refractivity contribution in [2.45, 2.75) is 18.9 Å². The molecule has 1 aromatic carbocycles. The van der Waals surface area contributed by atoms with Gasteiger partial charge in [0, 0.05) is 6.21 Å². The molecule has 1 atom stereocenters. The Morgan fingerprint density at radius 2 is 2.05 bits per heavy atom. The van der Waals surface area contributed by atoms with E-state index in [1.54, 1.807) is 49.5 Å². The number of carbonyl (C=O) groups excluding carboxylic acids is 2. The number of dihydropyridines is 1. The topological polar surface area (TPSA) is 67.8 Å². The third kappa shape index (κ3) is 3.28. The summed E-state index contributed by atoms with van der Waals surface area (Å²) in [5, 5.41) is 2.19. The molecule has 1 heterocycles. The van der Waals surface area contributed by atoms with Crippen molar-refractivity contribution in [2.75, 3.05) is 0 Å². The minimum absolute atomic E-state index is 0.380. The van der Waals surface area contributed by atoms with Crippen LogP contribution in [0.4, 0.5) is 4.79 Å². The highest BCUT2D eigenvalue weighted by Gasteiger charge is 2.33. The normalized spacial score (nSPS) is 20.9. The quantitative estimate of drug-likeness (QED) is 0.883. The third-order valence-electron chi connectivity index (χ3n) is 2.76. The van der Waals surface area contributed by atoms with Crippen LogP contribution >= 0.6 is 0 Å². The van der Waals surface area contributed by atoms with Crippen molar-refractivity contribution in [3.05, 3.63) is 42.5 Å². The van der Waals surface area contributed by atoms with E-state index in [0.717, 1.165) is 0 Å². The van der Waals surface area contributed by atoms with Gasteiger partial charge in [-0.25, -0.2) is 4.79 Å². The summed E-state index contributed by atoms with van der Waals surface area (Å²) < 4.78 is 4.98. The predicted octanol–water partition coefficient (Wildman–Crippen LogP) is 2.09. The van der Waals surface area contributed by atoms with Crippen LogP contribution < -0.4 is 10.1 Å². The van der Waals surface area contributed by atoms with Crippen molar-refractivity contribution in [2.24, 2.45) is 4.99 Å². The van der Waals surface area contributed by atoms with Gasteiger partial charge in [-0.3, -0.25) is 15.1 Å². The summed E-state index contributed by atoms with van der Waals surface area (Å²) in [5.41, 5.74) is -0.954. The molecule has 5 heteroatoms. The van der Waals surface area contributed by atoms with Gasteiger partial charge in [0.05, 0.1) is 0 Å². The molecule has 2 amide bonds. The predicted molar refractivity (Wildman–Crippen MR) is 71.3 cm³/mol. The van der Waals surface area contributed by atoms with Crippen LogP contribution in [0.25, 0.3) is 0 Å². The molecule has 1 aromatic rings. The number of rotatable bonds is 2. The molecular weight excluding hydrogens is 244 g/mol. The third-order valence-corrected chi connectivity index (χ3v) is 2.76. The Balaban J connectivity index is 1.94. The highest BCUT2D eigenvalue weighted by molar-refractivity contribution is 5.99. The molecule has 0 bridgehead atoms. The van der Waals surface area contributed by atoms with Crippen LogP contribution in [0.15, 0.2) is 47.5 Å². The van der Waals surface area contributed by atoms with E-state index in [1.807, 2.05) is 6.08 Å². The van der Waals surface area contributed by atoms with E-state index in [2.05, 4.69) is 10.3 Å². The molecule has 0 saturated heterocycles. The molecule has 1 aliphatic heterocycles. The molecule has 0 aromatic heterocycles. The maximum Gasteiger partial charge on any atom is 0.419 e. The van der Waals surface area contributed by atoms with Gasteiger partial charge in [-0.2, -0.15) is 0 Å². The van der Waals surface area contributed by atoms with E-state index in [1.165, 1.54) is 0 Å². The number of para-hydroxylation sites is 1. The number of amides is 2. The molecule has 5 nitrogen and oxygen atoms in total. The second-order valence-electron chi connectivity index (χ2n) is 4.34. The van der Waals surface area contributed by atoms with Crippen LogP contribution in [0.3, 0.4) is 0 Å². The van der Waals surface area contributed by atoms with Crippen LogP contribution in [-0.4, -0.2) is 23.8 Å². The first-order valence-corrected chi connectivity index (χ1v) is 5.89. The summed E-state index contributed by atoms with van der Waals surface area (Å²) in [6, 6.07) is 8.55. The Labute approximate surface area is 111 Å². The summed E-state index contributed by atoms with van der Waals surface area (Å²) in [7, 11) is 0. The van der Waals surface area contributed by atoms with E-state index in [4.69, 9.17) is 4.74 Å². The van der Waals surface area contributed by atoms with Gasteiger partial charge in [-0.1, -0.05) is 24.3 Å². The molecular formula is C14H14N2O3. The molecule has 0 radical (unpaired) electrons. The SMILES string of the molecule is CC1(C(=O)NC(=O)Oc2ccccc2)CC=CC=N1. The van der Waals surface area contributed by atoms with Crippen molar-refractivity contribution in [1.29, 1.82) is 0 Å². The lowest BCUT2D eigenvalue weighted by atomic mass is 9.96. The van der Waals surface area contributed by atoms with Crippen LogP contribution in [0.5, 0.6) is 5.75 Å². The van der Waals surface area contributed by atoms with Crippen molar-refractivity contribution < 1.29 is 14.3 Å². The fraction of sp³-hybridized carbons (Fsp3) is 0.214. The fourth-order valence-corrected chi connectivity index (χ4v) is 1.62. The minimum Gasteiger partial charge on any atom is -0.410 e. The summed E-state index contributed by atoms with van der Waals surface area (Å²) >= 11 is 0. The number of imide groups is 1. The number of ether oxygens (including phenoxy) is 1. The molecule has 1 aliphatic rings. The molecule has 1 unspecified atom stereocenters. The molecule has 0 fully saturated rings. The average Bonchev–Trinajstić information content (AvgIpc) is 2.40. The van der Waals surface area contributed by atoms with E-state index >= 15 is 0 Å². The van der Waals surface area contributed by atoms with E-state index < -0.39 is 17.5 Å². The zero-order chi connectivity index (χ0) is 13.7. The Morgan fingerprint density at radius 3 is 2.68 bits per heavy atom. The number of carbonyl (C=O) groups is 2. The highest BCUT2D eigenvalue weighted by Crippen LogP contribution is 2.19. The van der Waals surface area contributed by atoms with Gasteiger partial charge in [0.1, 0.15) is 11.3 Å². The largest absolute Gasteiger partial charge is 0.419 e. The lowest BCUT2D eigenvalue weighted by Gasteiger charge is -2.23. The highest BCUT2D eigenvalue weighted by atomic mass is 16.6. The molecule has 19 heavy (non-hydrogen) atoms. The van der Waals surface area contributed by atoms with Crippen LogP contribution in [-0.2, 0) is 4.79 Å². The number of hydrogen-bond donors (Lipinski definition) is 1. The second-order valence-corrected chi connectivity index (χ2v) is 4.34. The molecule has 0 aliphatic carbocycles. The Morgan fingerprint density at radius 1 is 1.32 bits per heavy atom. The van der Waals surface area contributed by atoms with Gasteiger partial charge in [0.15, 0.2) is 0 Å². The van der Waals surface area contributed by atoms with E-state index in [0.29, 0.717) is 12.2 Å². The van der Waals surface area contributed by atoms with Crippen LogP contribution in [0, 0.1) is 0 Å². The lowest BCUT2D eigenvalue weighted by Crippen LogP contribution is -2.47. The number of nitrogens with zero attached hydrogens (tertiary/aromatic N) is 1. The Hall–Kier alpha value is -2.43. The van der Waals surface area contributed by atoms with Gasteiger partial charge in [-0.15, -0.1) is 0 Å². The fourth-order valence-electron chi connectivity index (χ4n) is 1.62. The monoisotopic (exact) mass is 258 g/mol. The zero-order valence-corrected chi connectivity index (χ0v) is 10.5. The molecule has 98 valence electrons. The number of allylic oxidation sites excluding steroid dienone is 1. The number of aliphatic imine (C=N–C) groups is 1. The molecule has 0 saturated carbocycles. The Bertz CT molecular complexity index is 537. The van der Waals surface area contributed by atoms with Crippen molar-refractivity contribution in [3.8, 4) is 5.75 Å². The van der Waals surface area contributed by atoms with Gasteiger partial charge >= 0.3 is 6.09 Å². The van der Waals surface area contributed by atoms with Crippen molar-refractivity contribution in [1.82, 2.24) is 5.32 Å². The van der Waals surface area contributed by atoms with E-state index in [-0.39, 0.29) is 0 Å². The first kappa shape index (κ1) is 13.0. The molecule has 2 rings (SSSR count). The summed E-state index contributed by atoms with van der Waals surface area (Å²) in [4.78, 5) is 27.6.